The zero-order valence-electron chi connectivity index (χ0n) is 13.4. The average molecular weight is 289 g/mol. The molecule has 1 N–H and O–H groups in total. The first-order valence-corrected chi connectivity index (χ1v) is 8.10. The summed E-state index contributed by atoms with van der Waals surface area (Å²) >= 11 is 0. The molecule has 3 heteroatoms. The van der Waals surface area contributed by atoms with Crippen LogP contribution in [0.4, 0.5) is 0 Å². The molecule has 2 heterocycles. The largest absolute Gasteiger partial charge is 0.378 e. The van der Waals surface area contributed by atoms with Gasteiger partial charge in [-0.1, -0.05) is 18.2 Å². The van der Waals surface area contributed by atoms with E-state index < -0.39 is 0 Å². The lowest BCUT2D eigenvalue weighted by molar-refractivity contribution is -0.103. The summed E-state index contributed by atoms with van der Waals surface area (Å²) in [6.45, 7) is 6.91. The summed E-state index contributed by atoms with van der Waals surface area (Å²) in [5.74, 6) is 0.617. The normalized spacial score (nSPS) is 30.7. The monoisotopic (exact) mass is 289 g/mol. The maximum absolute atomic E-state index is 6.09. The van der Waals surface area contributed by atoms with Crippen LogP contribution in [0, 0.1) is 19.8 Å². The van der Waals surface area contributed by atoms with Crippen molar-refractivity contribution in [2.45, 2.75) is 44.8 Å². The first kappa shape index (κ1) is 15.0. The summed E-state index contributed by atoms with van der Waals surface area (Å²) < 4.78 is 11.7. The maximum Gasteiger partial charge on any atom is 0.0940 e. The van der Waals surface area contributed by atoms with Crippen LogP contribution in [0.5, 0.6) is 0 Å². The SMILES string of the molecule is CNC(c1cccc(C)c1C)C1CCOC2(CCOC2)C1. The topological polar surface area (TPSA) is 30.5 Å². The van der Waals surface area contributed by atoms with E-state index in [4.69, 9.17) is 9.47 Å². The number of ether oxygens (including phenoxy) is 2. The van der Waals surface area contributed by atoms with Gasteiger partial charge in [-0.2, -0.15) is 0 Å². The highest BCUT2D eigenvalue weighted by atomic mass is 16.6. The molecule has 0 aromatic heterocycles. The molecule has 3 nitrogen and oxygen atoms in total. The molecule has 2 saturated heterocycles. The summed E-state index contributed by atoms with van der Waals surface area (Å²) in [6.07, 6.45) is 3.28. The van der Waals surface area contributed by atoms with Gasteiger partial charge in [0.1, 0.15) is 0 Å². The van der Waals surface area contributed by atoms with Crippen LogP contribution in [0.2, 0.25) is 0 Å². The van der Waals surface area contributed by atoms with Gasteiger partial charge in [0.25, 0.3) is 0 Å². The second-order valence-electron chi connectivity index (χ2n) is 6.64. The molecule has 1 aromatic carbocycles. The molecular weight excluding hydrogens is 262 g/mol. The van der Waals surface area contributed by atoms with Crippen LogP contribution in [-0.4, -0.2) is 32.5 Å². The Balaban J connectivity index is 1.84. The zero-order chi connectivity index (χ0) is 14.9. The van der Waals surface area contributed by atoms with Gasteiger partial charge in [0.05, 0.1) is 12.2 Å². The summed E-state index contributed by atoms with van der Waals surface area (Å²) in [6, 6.07) is 7.06. The van der Waals surface area contributed by atoms with Crippen LogP contribution >= 0.6 is 0 Å². The molecule has 3 unspecified atom stereocenters. The van der Waals surface area contributed by atoms with Crippen molar-refractivity contribution in [1.29, 1.82) is 0 Å². The molecule has 2 aliphatic heterocycles. The first-order valence-electron chi connectivity index (χ1n) is 8.10. The first-order chi connectivity index (χ1) is 10.2. The number of rotatable bonds is 3. The molecule has 2 fully saturated rings. The molecule has 3 rings (SSSR count). The highest BCUT2D eigenvalue weighted by molar-refractivity contribution is 5.35. The van der Waals surface area contributed by atoms with Crippen molar-refractivity contribution in [2.24, 2.45) is 5.92 Å². The quantitative estimate of drug-likeness (QED) is 0.927. The van der Waals surface area contributed by atoms with E-state index >= 15 is 0 Å². The average Bonchev–Trinajstić information content (AvgIpc) is 2.92. The highest BCUT2D eigenvalue weighted by Crippen LogP contribution is 2.41. The number of benzene rings is 1. The lowest BCUT2D eigenvalue weighted by atomic mass is 9.78. The predicted octanol–water partition coefficient (Wildman–Crippen LogP) is 3.15. The molecule has 1 aromatic rings. The third-order valence-electron chi connectivity index (χ3n) is 5.36. The fourth-order valence-electron chi connectivity index (χ4n) is 3.97. The molecule has 21 heavy (non-hydrogen) atoms. The van der Waals surface area contributed by atoms with Crippen molar-refractivity contribution in [3.8, 4) is 0 Å². The van der Waals surface area contributed by atoms with Gasteiger partial charge >= 0.3 is 0 Å². The van der Waals surface area contributed by atoms with Crippen molar-refractivity contribution < 1.29 is 9.47 Å². The molecule has 2 aliphatic rings. The van der Waals surface area contributed by atoms with E-state index in [1.165, 1.54) is 16.7 Å². The van der Waals surface area contributed by atoms with E-state index in [-0.39, 0.29) is 5.60 Å². The molecule has 1 spiro atoms. The van der Waals surface area contributed by atoms with E-state index in [1.54, 1.807) is 0 Å². The lowest BCUT2D eigenvalue weighted by Gasteiger charge is -2.41. The Kier molecular flexibility index (Phi) is 4.34. The maximum atomic E-state index is 6.09. The van der Waals surface area contributed by atoms with E-state index in [0.29, 0.717) is 12.0 Å². The summed E-state index contributed by atoms with van der Waals surface area (Å²) in [5.41, 5.74) is 4.22. The van der Waals surface area contributed by atoms with Crippen molar-refractivity contribution >= 4 is 0 Å². The third-order valence-corrected chi connectivity index (χ3v) is 5.36. The Morgan fingerprint density at radius 2 is 2.14 bits per heavy atom. The van der Waals surface area contributed by atoms with Crippen molar-refractivity contribution in [2.75, 3.05) is 26.9 Å². The fraction of sp³-hybridized carbons (Fsp3) is 0.667. The number of aryl methyl sites for hydroxylation is 1. The van der Waals surface area contributed by atoms with Crippen LogP contribution in [0.15, 0.2) is 18.2 Å². The van der Waals surface area contributed by atoms with Crippen LogP contribution in [-0.2, 0) is 9.47 Å². The molecule has 0 radical (unpaired) electrons. The van der Waals surface area contributed by atoms with Gasteiger partial charge in [-0.3, -0.25) is 0 Å². The van der Waals surface area contributed by atoms with Gasteiger partial charge < -0.3 is 14.8 Å². The van der Waals surface area contributed by atoms with Crippen molar-refractivity contribution in [3.63, 3.8) is 0 Å². The molecule has 0 amide bonds. The summed E-state index contributed by atoms with van der Waals surface area (Å²) in [7, 11) is 2.08. The van der Waals surface area contributed by atoms with Gasteiger partial charge in [-0.15, -0.1) is 0 Å². The third kappa shape index (κ3) is 2.87. The van der Waals surface area contributed by atoms with Gasteiger partial charge in [-0.05, 0) is 56.3 Å². The standard InChI is InChI=1S/C18H27NO2/c1-13-5-4-6-16(14(13)2)17(19-3)15-7-9-21-18(11-15)8-10-20-12-18/h4-6,15,17,19H,7-12H2,1-3H3. The van der Waals surface area contributed by atoms with Gasteiger partial charge in [0.2, 0.25) is 0 Å². The smallest absolute Gasteiger partial charge is 0.0940 e. The molecular formula is C18H27NO2. The second-order valence-corrected chi connectivity index (χ2v) is 6.64. The summed E-state index contributed by atoms with van der Waals surface area (Å²) in [5, 5.41) is 3.57. The van der Waals surface area contributed by atoms with Crippen LogP contribution in [0.3, 0.4) is 0 Å². The number of hydrogen-bond acceptors (Lipinski definition) is 3. The molecule has 116 valence electrons. The van der Waals surface area contributed by atoms with Crippen LogP contribution in [0.25, 0.3) is 0 Å². The van der Waals surface area contributed by atoms with E-state index in [0.717, 1.165) is 39.1 Å². The minimum Gasteiger partial charge on any atom is -0.378 e. The van der Waals surface area contributed by atoms with Gasteiger partial charge in [0, 0.05) is 25.7 Å². The minimum atomic E-state index is -0.0181. The van der Waals surface area contributed by atoms with Gasteiger partial charge in [-0.25, -0.2) is 0 Å². The Bertz CT molecular complexity index is 494. The van der Waals surface area contributed by atoms with E-state index in [9.17, 15) is 0 Å². The molecule has 3 atom stereocenters. The van der Waals surface area contributed by atoms with Crippen LogP contribution in [0.1, 0.15) is 42.0 Å². The van der Waals surface area contributed by atoms with Gasteiger partial charge in [0.15, 0.2) is 0 Å². The predicted molar refractivity (Wildman–Crippen MR) is 84.6 cm³/mol. The Morgan fingerprint density at radius 1 is 1.29 bits per heavy atom. The highest BCUT2D eigenvalue weighted by Gasteiger charge is 2.43. The number of hydrogen-bond donors (Lipinski definition) is 1. The molecule has 0 aliphatic carbocycles. The minimum absolute atomic E-state index is 0.0181. The zero-order valence-corrected chi connectivity index (χ0v) is 13.4. The number of nitrogens with one attached hydrogen (secondary N) is 1. The second kappa shape index (κ2) is 6.07. The Morgan fingerprint density at radius 3 is 2.86 bits per heavy atom. The lowest BCUT2D eigenvalue weighted by Crippen LogP contribution is -2.43. The Labute approximate surface area is 128 Å². The fourth-order valence-corrected chi connectivity index (χ4v) is 3.97. The van der Waals surface area contributed by atoms with E-state index in [1.807, 2.05) is 0 Å². The van der Waals surface area contributed by atoms with Crippen LogP contribution < -0.4 is 5.32 Å². The van der Waals surface area contributed by atoms with E-state index in [2.05, 4.69) is 44.4 Å². The van der Waals surface area contributed by atoms with Crippen molar-refractivity contribution in [1.82, 2.24) is 5.32 Å². The summed E-state index contributed by atoms with van der Waals surface area (Å²) in [4.78, 5) is 0. The Hall–Kier alpha value is -0.900. The van der Waals surface area contributed by atoms with Crippen molar-refractivity contribution in [3.05, 3.63) is 34.9 Å². The molecule has 0 saturated carbocycles. The molecule has 0 bridgehead atoms.